The van der Waals surface area contributed by atoms with Gasteiger partial charge < -0.3 is 10.2 Å². The molecule has 1 aromatic carbocycles. The molecule has 6 heteroatoms. The molecule has 0 bridgehead atoms. The minimum Gasteiger partial charge on any atom is -0.422 e. The molecule has 0 saturated heterocycles. The van der Waals surface area contributed by atoms with Gasteiger partial charge in [0, 0.05) is 12.8 Å². The zero-order valence-electron chi connectivity index (χ0n) is 10.9. The van der Waals surface area contributed by atoms with Crippen LogP contribution in [0, 0.1) is 0 Å². The molecule has 98 valence electrons. The average molecular weight is 257 g/mol. The van der Waals surface area contributed by atoms with E-state index in [1.807, 2.05) is 26.0 Å². The van der Waals surface area contributed by atoms with Crippen molar-refractivity contribution in [2.45, 2.75) is 26.7 Å². The van der Waals surface area contributed by atoms with Crippen molar-refractivity contribution >= 4 is 16.8 Å². The second-order valence-corrected chi connectivity index (χ2v) is 4.25. The zero-order valence-corrected chi connectivity index (χ0v) is 10.9. The first kappa shape index (κ1) is 11.7. The van der Waals surface area contributed by atoms with Gasteiger partial charge in [-0.3, -0.25) is 0 Å². The molecule has 0 amide bonds. The van der Waals surface area contributed by atoms with Gasteiger partial charge in [0.05, 0.1) is 5.69 Å². The summed E-state index contributed by atoms with van der Waals surface area (Å²) in [7, 11) is 0. The van der Waals surface area contributed by atoms with Crippen LogP contribution in [0.3, 0.4) is 0 Å². The van der Waals surface area contributed by atoms with Crippen LogP contribution in [0.15, 0.2) is 22.6 Å². The van der Waals surface area contributed by atoms with Gasteiger partial charge in [-0.25, -0.2) is 4.98 Å². The molecule has 0 aliphatic heterocycles. The smallest absolute Gasteiger partial charge is 0.325 e. The molecule has 0 unspecified atom stereocenters. The Kier molecular flexibility index (Phi) is 2.70. The van der Waals surface area contributed by atoms with Gasteiger partial charge in [0.15, 0.2) is 11.4 Å². The number of hydrogen-bond donors (Lipinski definition) is 1. The second kappa shape index (κ2) is 4.38. The Morgan fingerprint density at radius 3 is 2.74 bits per heavy atom. The molecule has 0 saturated carbocycles. The Morgan fingerprint density at radius 1 is 1.21 bits per heavy atom. The molecule has 2 N–H and O–H groups in total. The van der Waals surface area contributed by atoms with Gasteiger partial charge in [-0.15, -0.1) is 5.10 Å². The van der Waals surface area contributed by atoms with E-state index >= 15 is 0 Å². The Labute approximate surface area is 110 Å². The number of oxazole rings is 1. The van der Waals surface area contributed by atoms with Gasteiger partial charge in [-0.1, -0.05) is 19.9 Å². The van der Waals surface area contributed by atoms with Crippen molar-refractivity contribution in [1.29, 1.82) is 0 Å². The lowest BCUT2D eigenvalue weighted by atomic mass is 10.3. The standard InChI is InChI=1S/C13H15N5O/c1-3-10-15-11(4-2)18(17-10)13-16-12-8(14)6-5-7-9(12)19-13/h5-7H,3-4,14H2,1-2H3. The van der Waals surface area contributed by atoms with E-state index in [0.717, 1.165) is 24.5 Å². The van der Waals surface area contributed by atoms with Gasteiger partial charge in [0.25, 0.3) is 0 Å². The summed E-state index contributed by atoms with van der Waals surface area (Å²) in [5.41, 5.74) is 7.80. The molecule has 6 nitrogen and oxygen atoms in total. The van der Waals surface area contributed by atoms with Crippen LogP contribution >= 0.6 is 0 Å². The molecule has 2 aromatic heterocycles. The monoisotopic (exact) mass is 257 g/mol. The van der Waals surface area contributed by atoms with E-state index in [-0.39, 0.29) is 0 Å². The summed E-state index contributed by atoms with van der Waals surface area (Å²) in [4.78, 5) is 8.84. The normalized spacial score (nSPS) is 11.3. The molecule has 19 heavy (non-hydrogen) atoms. The topological polar surface area (TPSA) is 82.8 Å². The van der Waals surface area contributed by atoms with Crippen LogP contribution in [0.4, 0.5) is 5.69 Å². The van der Waals surface area contributed by atoms with Gasteiger partial charge in [-0.05, 0) is 12.1 Å². The second-order valence-electron chi connectivity index (χ2n) is 4.25. The molecule has 0 atom stereocenters. The van der Waals surface area contributed by atoms with Crippen LogP contribution in [0.2, 0.25) is 0 Å². The van der Waals surface area contributed by atoms with E-state index in [9.17, 15) is 0 Å². The number of anilines is 1. The molecule has 0 fully saturated rings. The first-order valence-electron chi connectivity index (χ1n) is 6.33. The van der Waals surface area contributed by atoms with Crippen molar-refractivity contribution in [3.8, 4) is 6.01 Å². The summed E-state index contributed by atoms with van der Waals surface area (Å²) in [6.07, 6.45) is 1.55. The van der Waals surface area contributed by atoms with E-state index in [4.69, 9.17) is 10.2 Å². The van der Waals surface area contributed by atoms with E-state index in [1.54, 1.807) is 10.7 Å². The predicted octanol–water partition coefficient (Wildman–Crippen LogP) is 2.12. The fourth-order valence-electron chi connectivity index (χ4n) is 1.97. The molecule has 0 aliphatic carbocycles. The van der Waals surface area contributed by atoms with Gasteiger partial charge in [0.1, 0.15) is 11.3 Å². The molecule has 3 rings (SSSR count). The Balaban J connectivity index is 2.18. The van der Waals surface area contributed by atoms with Crippen LogP contribution in [-0.4, -0.2) is 19.7 Å². The lowest BCUT2D eigenvalue weighted by Gasteiger charge is -1.96. The minimum absolute atomic E-state index is 0.414. The van der Waals surface area contributed by atoms with Gasteiger partial charge in [-0.2, -0.15) is 9.67 Å². The number of para-hydroxylation sites is 1. The van der Waals surface area contributed by atoms with Crippen LogP contribution in [-0.2, 0) is 12.8 Å². The molecule has 0 radical (unpaired) electrons. The lowest BCUT2D eigenvalue weighted by Crippen LogP contribution is -2.02. The Bertz CT molecular complexity index is 728. The predicted molar refractivity (Wildman–Crippen MR) is 72.1 cm³/mol. The summed E-state index contributed by atoms with van der Waals surface area (Å²) < 4.78 is 7.36. The molecular formula is C13H15N5O. The van der Waals surface area contributed by atoms with Crippen LogP contribution in [0.25, 0.3) is 17.1 Å². The number of aromatic nitrogens is 4. The highest BCUT2D eigenvalue weighted by Crippen LogP contribution is 2.23. The quantitative estimate of drug-likeness (QED) is 0.726. The van der Waals surface area contributed by atoms with Crippen LogP contribution in [0.1, 0.15) is 25.5 Å². The number of nitrogens with two attached hydrogens (primary N) is 1. The maximum Gasteiger partial charge on any atom is 0.325 e. The van der Waals surface area contributed by atoms with E-state index in [2.05, 4.69) is 15.1 Å². The summed E-state index contributed by atoms with van der Waals surface area (Å²) in [6.45, 7) is 4.04. The Hall–Kier alpha value is -2.37. The molecule has 2 heterocycles. The maximum atomic E-state index is 5.88. The first-order chi connectivity index (χ1) is 9.22. The summed E-state index contributed by atoms with van der Waals surface area (Å²) >= 11 is 0. The largest absolute Gasteiger partial charge is 0.422 e. The number of nitrogens with zero attached hydrogens (tertiary/aromatic N) is 4. The third kappa shape index (κ3) is 1.85. The van der Waals surface area contributed by atoms with E-state index < -0.39 is 0 Å². The van der Waals surface area contributed by atoms with Crippen molar-refractivity contribution in [2.24, 2.45) is 0 Å². The molecule has 3 aromatic rings. The SMILES string of the molecule is CCc1nc(CC)n(-c2nc3c(N)cccc3o2)n1. The van der Waals surface area contributed by atoms with Crippen molar-refractivity contribution in [3.05, 3.63) is 29.8 Å². The average Bonchev–Trinajstić information content (AvgIpc) is 3.02. The van der Waals surface area contributed by atoms with Crippen molar-refractivity contribution < 1.29 is 4.42 Å². The third-order valence-electron chi connectivity index (χ3n) is 2.97. The van der Waals surface area contributed by atoms with Gasteiger partial charge >= 0.3 is 6.01 Å². The fourth-order valence-corrected chi connectivity index (χ4v) is 1.97. The molecular weight excluding hydrogens is 242 g/mol. The number of fused-ring (bicyclic) bond motifs is 1. The summed E-state index contributed by atoms with van der Waals surface area (Å²) in [5.74, 6) is 1.62. The maximum absolute atomic E-state index is 5.88. The number of benzene rings is 1. The van der Waals surface area contributed by atoms with Crippen molar-refractivity contribution in [2.75, 3.05) is 5.73 Å². The van der Waals surface area contributed by atoms with Crippen LogP contribution < -0.4 is 5.73 Å². The highest BCUT2D eigenvalue weighted by molar-refractivity contribution is 5.85. The molecule has 0 aliphatic rings. The van der Waals surface area contributed by atoms with Gasteiger partial charge in [0.2, 0.25) is 0 Å². The van der Waals surface area contributed by atoms with Crippen LogP contribution in [0.5, 0.6) is 0 Å². The summed E-state index contributed by atoms with van der Waals surface area (Å²) in [6, 6.07) is 5.89. The van der Waals surface area contributed by atoms with Crippen molar-refractivity contribution in [3.63, 3.8) is 0 Å². The molecule has 0 spiro atoms. The lowest BCUT2D eigenvalue weighted by molar-refractivity contribution is 0.532. The zero-order chi connectivity index (χ0) is 13.4. The first-order valence-corrected chi connectivity index (χ1v) is 6.33. The third-order valence-corrected chi connectivity index (χ3v) is 2.97. The highest BCUT2D eigenvalue weighted by Gasteiger charge is 2.15. The fraction of sp³-hybridized carbons (Fsp3) is 0.308. The minimum atomic E-state index is 0.414. The van der Waals surface area contributed by atoms with E-state index in [0.29, 0.717) is 22.8 Å². The highest BCUT2D eigenvalue weighted by atomic mass is 16.4. The Morgan fingerprint density at radius 2 is 2.05 bits per heavy atom. The number of aryl methyl sites for hydroxylation is 2. The van der Waals surface area contributed by atoms with E-state index in [1.165, 1.54) is 0 Å². The number of rotatable bonds is 3. The number of nitrogen functional groups attached to an aromatic ring is 1. The van der Waals surface area contributed by atoms with Crippen molar-refractivity contribution in [1.82, 2.24) is 19.7 Å². The summed E-state index contributed by atoms with van der Waals surface area (Å²) in [5, 5.41) is 4.40. The number of hydrogen-bond acceptors (Lipinski definition) is 5.